The van der Waals surface area contributed by atoms with E-state index >= 15 is 0 Å². The van der Waals surface area contributed by atoms with Gasteiger partial charge in [-0.1, -0.05) is 54.6 Å². The lowest BCUT2D eigenvalue weighted by Crippen LogP contribution is -2.49. The molecule has 0 aliphatic heterocycles. The molecule has 3 aromatic carbocycles. The number of urea groups is 1. The average molecular weight is 491 g/mol. The Bertz CT molecular complexity index is 1110. The van der Waals surface area contributed by atoms with Crippen molar-refractivity contribution in [2.75, 3.05) is 6.61 Å². The molecule has 1 atom stereocenters. The summed E-state index contributed by atoms with van der Waals surface area (Å²) in [6.07, 6.45) is 1.13. The van der Waals surface area contributed by atoms with Crippen LogP contribution in [0, 0.1) is 0 Å². The van der Waals surface area contributed by atoms with Crippen molar-refractivity contribution in [1.29, 1.82) is 0 Å². The highest BCUT2D eigenvalue weighted by Gasteiger charge is 2.23. The predicted molar refractivity (Wildman–Crippen MR) is 139 cm³/mol. The Kier molecular flexibility index (Phi) is 9.47. The molecule has 0 spiro atoms. The van der Waals surface area contributed by atoms with Gasteiger partial charge in [0.05, 0.1) is 12.2 Å². The van der Waals surface area contributed by atoms with Gasteiger partial charge in [0, 0.05) is 6.42 Å². The minimum atomic E-state index is -0.863. The largest absolute Gasteiger partial charge is 0.464 e. The molecule has 7 nitrogen and oxygen atoms in total. The van der Waals surface area contributed by atoms with Crippen LogP contribution in [0.5, 0.6) is 11.5 Å². The number of hydroxylamine groups is 1. The van der Waals surface area contributed by atoms with Crippen LogP contribution in [0.25, 0.3) is 0 Å². The van der Waals surface area contributed by atoms with Gasteiger partial charge in [0.2, 0.25) is 0 Å². The van der Waals surface area contributed by atoms with Crippen LogP contribution in [0.15, 0.2) is 78.9 Å². The van der Waals surface area contributed by atoms with E-state index in [0.717, 1.165) is 17.7 Å². The maximum atomic E-state index is 12.4. The van der Waals surface area contributed by atoms with Gasteiger partial charge in [0.25, 0.3) is 0 Å². The van der Waals surface area contributed by atoms with Crippen LogP contribution >= 0.6 is 0 Å². The van der Waals surface area contributed by atoms with Crippen molar-refractivity contribution in [3.05, 3.63) is 95.6 Å². The first-order valence-corrected chi connectivity index (χ1v) is 12.0. The average Bonchev–Trinajstić information content (AvgIpc) is 2.85. The molecule has 2 N–H and O–H groups in total. The highest BCUT2D eigenvalue weighted by Crippen LogP contribution is 2.23. The summed E-state index contributed by atoms with van der Waals surface area (Å²) in [5, 5.41) is 2.62. The summed E-state index contributed by atoms with van der Waals surface area (Å²) in [5.74, 6) is 0.895. The molecule has 0 heterocycles. The van der Waals surface area contributed by atoms with Gasteiger partial charge < -0.3 is 14.8 Å². The van der Waals surface area contributed by atoms with Crippen LogP contribution in [0.2, 0.25) is 0 Å². The Morgan fingerprint density at radius 1 is 0.806 bits per heavy atom. The number of nitrogens with one attached hydrogen (secondary N) is 2. The first kappa shape index (κ1) is 26.8. The number of carbonyl (C=O) groups excluding carboxylic acids is 2. The van der Waals surface area contributed by atoms with E-state index in [1.165, 1.54) is 11.1 Å². The first-order chi connectivity index (χ1) is 17.2. The molecule has 0 saturated carbocycles. The third-order valence-electron chi connectivity index (χ3n) is 5.10. The smallest absolute Gasteiger partial charge is 0.339 e. The monoisotopic (exact) mass is 490 g/mol. The summed E-state index contributed by atoms with van der Waals surface area (Å²) >= 11 is 0. The fourth-order valence-electron chi connectivity index (χ4n) is 3.40. The Labute approximate surface area is 212 Å². The van der Waals surface area contributed by atoms with Crippen molar-refractivity contribution in [3.63, 3.8) is 0 Å². The normalized spacial score (nSPS) is 11.9. The molecule has 3 rings (SSSR count). The number of ether oxygens (including phenoxy) is 2. The number of carbonyl (C=O) groups is 2. The van der Waals surface area contributed by atoms with Gasteiger partial charge in [-0.3, -0.25) is 4.84 Å². The predicted octanol–water partition coefficient (Wildman–Crippen LogP) is 5.57. The minimum Gasteiger partial charge on any atom is -0.464 e. The van der Waals surface area contributed by atoms with Gasteiger partial charge in [0.15, 0.2) is 0 Å². The second kappa shape index (κ2) is 12.7. The van der Waals surface area contributed by atoms with E-state index in [1.54, 1.807) is 27.7 Å². The Balaban J connectivity index is 1.58. The van der Waals surface area contributed by atoms with Gasteiger partial charge in [-0.25, -0.2) is 15.1 Å². The van der Waals surface area contributed by atoms with E-state index in [4.69, 9.17) is 14.3 Å². The van der Waals surface area contributed by atoms with E-state index in [2.05, 4.69) is 35.1 Å². The standard InChI is InChI=1S/C29H34N2O5/c1-5-34-27(32)26(30-28(33)31-36-29(2,3)4)20-23-13-17-25(18-14-23)35-24-15-11-22(12-16-24)19-21-9-7-6-8-10-21/h6-18,26H,5,19-20H2,1-4H3,(H2,30,31,33). The molecule has 7 heteroatoms. The molecule has 2 amide bonds. The zero-order valence-electron chi connectivity index (χ0n) is 21.2. The van der Waals surface area contributed by atoms with Crippen LogP contribution in [0.4, 0.5) is 4.79 Å². The zero-order chi connectivity index (χ0) is 26.0. The number of amides is 2. The lowest BCUT2D eigenvalue weighted by atomic mass is 10.1. The summed E-state index contributed by atoms with van der Waals surface area (Å²) in [5.41, 5.74) is 5.06. The Morgan fingerprint density at radius 3 is 1.92 bits per heavy atom. The van der Waals surface area contributed by atoms with Crippen molar-refractivity contribution >= 4 is 12.0 Å². The molecule has 0 aromatic heterocycles. The molecule has 0 radical (unpaired) electrons. The number of hydrogen-bond donors (Lipinski definition) is 2. The topological polar surface area (TPSA) is 85.9 Å². The van der Waals surface area contributed by atoms with Crippen LogP contribution < -0.4 is 15.5 Å². The summed E-state index contributed by atoms with van der Waals surface area (Å²) in [4.78, 5) is 29.9. The molecule has 0 saturated heterocycles. The fourth-order valence-corrected chi connectivity index (χ4v) is 3.40. The second-order valence-corrected chi connectivity index (χ2v) is 9.35. The summed E-state index contributed by atoms with van der Waals surface area (Å²) in [6.45, 7) is 7.35. The summed E-state index contributed by atoms with van der Waals surface area (Å²) < 4.78 is 11.1. The van der Waals surface area contributed by atoms with Gasteiger partial charge in [-0.15, -0.1) is 0 Å². The molecule has 0 bridgehead atoms. The van der Waals surface area contributed by atoms with Gasteiger partial charge in [-0.2, -0.15) is 0 Å². The van der Waals surface area contributed by atoms with Crippen molar-refractivity contribution in [2.24, 2.45) is 0 Å². The molecule has 1 unspecified atom stereocenters. The molecule has 3 aromatic rings. The van der Waals surface area contributed by atoms with Crippen molar-refractivity contribution in [1.82, 2.24) is 10.8 Å². The first-order valence-electron chi connectivity index (χ1n) is 12.0. The van der Waals surface area contributed by atoms with E-state index in [9.17, 15) is 9.59 Å². The maximum Gasteiger partial charge on any atom is 0.339 e. The van der Waals surface area contributed by atoms with Crippen molar-refractivity contribution in [3.8, 4) is 11.5 Å². The van der Waals surface area contributed by atoms with Crippen LogP contribution in [-0.4, -0.2) is 30.3 Å². The number of benzene rings is 3. The SMILES string of the molecule is CCOC(=O)C(Cc1ccc(Oc2ccc(Cc3ccccc3)cc2)cc1)NC(=O)NOC(C)(C)C. The van der Waals surface area contributed by atoms with E-state index in [0.29, 0.717) is 5.75 Å². The molecule has 0 fully saturated rings. The highest BCUT2D eigenvalue weighted by atomic mass is 16.7. The summed E-state index contributed by atoms with van der Waals surface area (Å²) in [7, 11) is 0. The fraction of sp³-hybridized carbons (Fsp3) is 0.310. The number of rotatable bonds is 10. The van der Waals surface area contributed by atoms with E-state index < -0.39 is 23.6 Å². The minimum absolute atomic E-state index is 0.216. The molecule has 0 aliphatic carbocycles. The molecular weight excluding hydrogens is 456 g/mol. The van der Waals surface area contributed by atoms with Crippen LogP contribution in [0.1, 0.15) is 44.4 Å². The Morgan fingerprint density at radius 2 is 1.36 bits per heavy atom. The lowest BCUT2D eigenvalue weighted by Gasteiger charge is -2.21. The van der Waals surface area contributed by atoms with Crippen molar-refractivity contribution < 1.29 is 23.9 Å². The number of hydrogen-bond acceptors (Lipinski definition) is 5. The van der Waals surface area contributed by atoms with E-state index in [-0.39, 0.29) is 13.0 Å². The van der Waals surface area contributed by atoms with Crippen LogP contribution in [0.3, 0.4) is 0 Å². The number of esters is 1. The van der Waals surface area contributed by atoms with Crippen molar-refractivity contribution in [2.45, 2.75) is 52.2 Å². The van der Waals surface area contributed by atoms with Gasteiger partial charge in [-0.05, 0) is 75.1 Å². The zero-order valence-corrected chi connectivity index (χ0v) is 21.2. The second-order valence-electron chi connectivity index (χ2n) is 9.35. The highest BCUT2D eigenvalue weighted by molar-refractivity contribution is 5.83. The Hall–Kier alpha value is -3.84. The maximum absolute atomic E-state index is 12.4. The van der Waals surface area contributed by atoms with Crippen LogP contribution in [-0.2, 0) is 27.2 Å². The summed E-state index contributed by atoms with van der Waals surface area (Å²) in [6, 6.07) is 24.2. The quantitative estimate of drug-likeness (QED) is 0.287. The molecular formula is C29H34N2O5. The van der Waals surface area contributed by atoms with E-state index in [1.807, 2.05) is 54.6 Å². The van der Waals surface area contributed by atoms with Gasteiger partial charge >= 0.3 is 12.0 Å². The van der Waals surface area contributed by atoms with Gasteiger partial charge in [0.1, 0.15) is 17.5 Å². The molecule has 36 heavy (non-hydrogen) atoms. The third-order valence-corrected chi connectivity index (χ3v) is 5.10. The molecule has 190 valence electrons. The third kappa shape index (κ3) is 9.07. The lowest BCUT2D eigenvalue weighted by molar-refractivity contribution is -0.145. The molecule has 0 aliphatic rings.